The highest BCUT2D eigenvalue weighted by Gasteiger charge is 2.41. The number of hydrogen-bond donors (Lipinski definition) is 1. The molecule has 9 heteroatoms. The molecule has 4 aromatic rings. The number of hydrogen-bond acceptors (Lipinski definition) is 4. The normalized spacial score (nSPS) is 11.6. The Kier molecular flexibility index (Phi) is 4.42. The fourth-order valence-corrected chi connectivity index (χ4v) is 2.88. The minimum absolute atomic E-state index is 0.0275. The molecule has 0 bridgehead atoms. The van der Waals surface area contributed by atoms with Crippen LogP contribution in [0, 0.1) is 0 Å². The zero-order valence-corrected chi connectivity index (χ0v) is 14.6. The number of benzene rings is 2. The molecule has 2 aromatic heterocycles. The Morgan fingerprint density at radius 3 is 2.34 bits per heavy atom. The molecular weight excluding hydrogens is 387 g/mol. The molecule has 0 spiro atoms. The molecule has 4 rings (SSSR count). The Balaban J connectivity index is 1.81. The summed E-state index contributed by atoms with van der Waals surface area (Å²) in [6.45, 7) is 0. The summed E-state index contributed by atoms with van der Waals surface area (Å²) >= 11 is 0. The van der Waals surface area contributed by atoms with Crippen molar-refractivity contribution in [1.82, 2.24) is 14.7 Å². The second-order valence-corrected chi connectivity index (χ2v) is 6.12. The molecule has 0 unspecified atom stereocenters. The first-order chi connectivity index (χ1) is 13.8. The maximum absolute atomic E-state index is 13.5. The number of halogens is 3. The molecule has 146 valence electrons. The van der Waals surface area contributed by atoms with Crippen LogP contribution in [0.25, 0.3) is 28.2 Å². The van der Waals surface area contributed by atoms with Crippen molar-refractivity contribution < 1.29 is 27.6 Å². The summed E-state index contributed by atoms with van der Waals surface area (Å²) in [5, 5.41) is 12.6. The van der Waals surface area contributed by atoms with Crippen LogP contribution >= 0.6 is 0 Å². The molecule has 0 atom stereocenters. The monoisotopic (exact) mass is 399 g/mol. The van der Waals surface area contributed by atoms with Crippen LogP contribution in [0.15, 0.2) is 71.6 Å². The maximum atomic E-state index is 13.5. The molecular formula is C20H12F3N3O3. The molecule has 0 saturated heterocycles. The van der Waals surface area contributed by atoms with E-state index in [4.69, 9.17) is 5.11 Å². The molecule has 6 nitrogen and oxygen atoms in total. The number of imidazole rings is 1. The third-order valence-corrected chi connectivity index (χ3v) is 4.25. The van der Waals surface area contributed by atoms with E-state index < -0.39 is 17.9 Å². The Hall–Kier alpha value is -3.88. The van der Waals surface area contributed by atoms with Gasteiger partial charge in [-0.2, -0.15) is 13.2 Å². The molecule has 2 heterocycles. The Bertz CT molecular complexity index is 1160. The zero-order valence-electron chi connectivity index (χ0n) is 14.6. The Morgan fingerprint density at radius 2 is 1.72 bits per heavy atom. The lowest BCUT2D eigenvalue weighted by Gasteiger charge is -2.05. The van der Waals surface area contributed by atoms with E-state index in [1.165, 1.54) is 41.4 Å². The molecule has 0 saturated carbocycles. The van der Waals surface area contributed by atoms with Crippen molar-refractivity contribution in [1.29, 1.82) is 0 Å². The van der Waals surface area contributed by atoms with E-state index in [9.17, 15) is 18.0 Å². The van der Waals surface area contributed by atoms with Gasteiger partial charge in [0.05, 0.1) is 23.1 Å². The standard InChI is InChI=1S/C20H12F3N3O3/c21-20(22,23)18-16(17(25-29-18)12-4-2-1-3-5-12)15-10-26(11-24-15)14-8-6-13(7-9-14)19(27)28/h1-11H,(H,27,28). The number of carbonyl (C=O) groups is 1. The predicted octanol–water partition coefficient (Wildman–Crippen LogP) is 4.91. The third kappa shape index (κ3) is 3.49. The van der Waals surface area contributed by atoms with Gasteiger partial charge in [-0.15, -0.1) is 0 Å². The van der Waals surface area contributed by atoms with Gasteiger partial charge in [-0.25, -0.2) is 9.78 Å². The fraction of sp³-hybridized carbons (Fsp3) is 0.0500. The number of nitrogens with zero attached hydrogens (tertiary/aromatic N) is 3. The van der Waals surface area contributed by atoms with Crippen molar-refractivity contribution in [3.63, 3.8) is 0 Å². The highest BCUT2D eigenvalue weighted by Crippen LogP contribution is 2.42. The summed E-state index contributed by atoms with van der Waals surface area (Å²) in [4.78, 5) is 15.1. The van der Waals surface area contributed by atoms with Crippen LogP contribution in [-0.4, -0.2) is 25.8 Å². The Labute approximate surface area is 161 Å². The van der Waals surface area contributed by atoms with Gasteiger partial charge < -0.3 is 14.2 Å². The zero-order chi connectivity index (χ0) is 20.6. The maximum Gasteiger partial charge on any atom is 0.453 e. The van der Waals surface area contributed by atoms with E-state index in [-0.39, 0.29) is 22.5 Å². The number of carboxylic acids is 1. The van der Waals surface area contributed by atoms with Gasteiger partial charge in [-0.1, -0.05) is 35.5 Å². The summed E-state index contributed by atoms with van der Waals surface area (Å²) in [5.74, 6) is -2.31. The lowest BCUT2D eigenvalue weighted by Crippen LogP contribution is -2.05. The molecule has 2 aromatic carbocycles. The SMILES string of the molecule is O=C(O)c1ccc(-n2cnc(-c3c(-c4ccccc4)noc3C(F)(F)F)c2)cc1. The first-order valence-electron chi connectivity index (χ1n) is 8.35. The van der Waals surface area contributed by atoms with E-state index in [0.717, 1.165) is 0 Å². The van der Waals surface area contributed by atoms with Gasteiger partial charge in [0.25, 0.3) is 0 Å². The quantitative estimate of drug-likeness (QED) is 0.527. The van der Waals surface area contributed by atoms with Gasteiger partial charge in [0.15, 0.2) is 0 Å². The number of aromatic carboxylic acids is 1. The van der Waals surface area contributed by atoms with Gasteiger partial charge in [-0.05, 0) is 24.3 Å². The average Bonchev–Trinajstić information content (AvgIpc) is 3.35. The van der Waals surface area contributed by atoms with Gasteiger partial charge in [0, 0.05) is 17.4 Å². The highest BCUT2D eigenvalue weighted by molar-refractivity contribution is 5.87. The lowest BCUT2D eigenvalue weighted by molar-refractivity contribution is -0.154. The van der Waals surface area contributed by atoms with Crippen molar-refractivity contribution >= 4 is 5.97 Å². The van der Waals surface area contributed by atoms with Crippen molar-refractivity contribution in [2.45, 2.75) is 6.18 Å². The molecule has 0 aliphatic rings. The highest BCUT2D eigenvalue weighted by atomic mass is 19.4. The van der Waals surface area contributed by atoms with Crippen molar-refractivity contribution in [3.8, 4) is 28.2 Å². The van der Waals surface area contributed by atoms with Crippen LogP contribution in [0.5, 0.6) is 0 Å². The minimum Gasteiger partial charge on any atom is -0.478 e. The molecule has 29 heavy (non-hydrogen) atoms. The first kappa shape index (κ1) is 18.5. The second kappa shape index (κ2) is 6.93. The van der Waals surface area contributed by atoms with E-state index in [1.54, 1.807) is 30.3 Å². The van der Waals surface area contributed by atoms with Crippen LogP contribution in [0.4, 0.5) is 13.2 Å². The first-order valence-corrected chi connectivity index (χ1v) is 8.35. The summed E-state index contributed by atoms with van der Waals surface area (Å²) in [6, 6.07) is 14.2. The fourth-order valence-electron chi connectivity index (χ4n) is 2.88. The molecule has 0 aliphatic carbocycles. The van der Waals surface area contributed by atoms with Gasteiger partial charge in [0.2, 0.25) is 5.76 Å². The molecule has 0 aliphatic heterocycles. The van der Waals surface area contributed by atoms with Gasteiger partial charge >= 0.3 is 12.1 Å². The summed E-state index contributed by atoms with van der Waals surface area (Å²) in [7, 11) is 0. The second-order valence-electron chi connectivity index (χ2n) is 6.12. The van der Waals surface area contributed by atoms with Gasteiger partial charge in [-0.3, -0.25) is 0 Å². The molecule has 1 N–H and O–H groups in total. The van der Waals surface area contributed by atoms with Gasteiger partial charge in [0.1, 0.15) is 5.69 Å². The van der Waals surface area contributed by atoms with Crippen molar-refractivity contribution in [2.24, 2.45) is 0 Å². The smallest absolute Gasteiger partial charge is 0.453 e. The van der Waals surface area contributed by atoms with Crippen LogP contribution in [0.1, 0.15) is 16.1 Å². The number of carboxylic acid groups (broad SMARTS) is 1. The largest absolute Gasteiger partial charge is 0.478 e. The Morgan fingerprint density at radius 1 is 1.03 bits per heavy atom. The van der Waals surface area contributed by atoms with Crippen molar-refractivity contribution in [2.75, 3.05) is 0 Å². The van der Waals surface area contributed by atoms with E-state index >= 15 is 0 Å². The number of aromatic nitrogens is 3. The lowest BCUT2D eigenvalue weighted by atomic mass is 10.0. The average molecular weight is 399 g/mol. The van der Waals surface area contributed by atoms with E-state index in [2.05, 4.69) is 14.7 Å². The summed E-state index contributed by atoms with van der Waals surface area (Å²) < 4.78 is 46.6. The molecule has 0 radical (unpaired) electrons. The molecule has 0 fully saturated rings. The van der Waals surface area contributed by atoms with Crippen LogP contribution in [0.2, 0.25) is 0 Å². The van der Waals surface area contributed by atoms with Crippen LogP contribution in [-0.2, 0) is 6.18 Å². The van der Waals surface area contributed by atoms with E-state index in [0.29, 0.717) is 11.3 Å². The summed E-state index contributed by atoms with van der Waals surface area (Å²) in [5.41, 5.74) is 0.898. The van der Waals surface area contributed by atoms with Crippen molar-refractivity contribution in [3.05, 3.63) is 78.4 Å². The third-order valence-electron chi connectivity index (χ3n) is 4.25. The minimum atomic E-state index is -4.75. The number of alkyl halides is 3. The topological polar surface area (TPSA) is 81.1 Å². The van der Waals surface area contributed by atoms with Crippen LogP contribution < -0.4 is 0 Å². The molecule has 0 amide bonds. The summed E-state index contributed by atoms with van der Waals surface area (Å²) in [6.07, 6.45) is -2.00. The van der Waals surface area contributed by atoms with E-state index in [1.807, 2.05) is 0 Å². The predicted molar refractivity (Wildman–Crippen MR) is 96.5 cm³/mol. The number of rotatable bonds is 4. The van der Waals surface area contributed by atoms with Crippen LogP contribution in [0.3, 0.4) is 0 Å².